The summed E-state index contributed by atoms with van der Waals surface area (Å²) in [6.07, 6.45) is 6.51. The molecule has 0 aliphatic carbocycles. The summed E-state index contributed by atoms with van der Waals surface area (Å²) in [6.45, 7) is 8.01. The lowest BCUT2D eigenvalue weighted by atomic mass is 10.1. The molecule has 0 saturated heterocycles. The summed E-state index contributed by atoms with van der Waals surface area (Å²) in [5, 5.41) is 0. The monoisotopic (exact) mass is 248 g/mol. The van der Waals surface area contributed by atoms with E-state index in [9.17, 15) is 0 Å². The summed E-state index contributed by atoms with van der Waals surface area (Å²) >= 11 is 0. The van der Waals surface area contributed by atoms with Crippen LogP contribution >= 0.6 is 0 Å². The topological polar surface area (TPSA) is 29.3 Å². The van der Waals surface area contributed by atoms with Gasteiger partial charge in [0.15, 0.2) is 0 Å². The highest BCUT2D eigenvalue weighted by molar-refractivity contribution is 5.39. The molecule has 0 radical (unpaired) electrons. The molecule has 0 aromatic heterocycles. The van der Waals surface area contributed by atoms with E-state index in [1.165, 1.54) is 50.8 Å². The minimum Gasteiger partial charge on any atom is -0.399 e. The highest BCUT2D eigenvalue weighted by atomic mass is 15.1. The molecule has 18 heavy (non-hydrogen) atoms. The van der Waals surface area contributed by atoms with Crippen molar-refractivity contribution in [3.8, 4) is 0 Å². The predicted octanol–water partition coefficient (Wildman–Crippen LogP) is 4.06. The first kappa shape index (κ1) is 15.0. The Morgan fingerprint density at radius 3 is 2.11 bits per heavy atom. The average Bonchev–Trinajstić information content (AvgIpc) is 2.38. The third kappa shape index (κ3) is 6.06. The second-order valence-electron chi connectivity index (χ2n) is 5.08. The van der Waals surface area contributed by atoms with Crippen LogP contribution in [0.5, 0.6) is 0 Å². The van der Waals surface area contributed by atoms with Crippen LogP contribution in [0.2, 0.25) is 0 Å². The minimum absolute atomic E-state index is 0.852. The van der Waals surface area contributed by atoms with Gasteiger partial charge in [0.05, 0.1) is 0 Å². The number of hydrogen-bond acceptors (Lipinski definition) is 2. The van der Waals surface area contributed by atoms with Crippen molar-refractivity contribution in [2.45, 2.75) is 52.5 Å². The summed E-state index contributed by atoms with van der Waals surface area (Å²) in [5.74, 6) is 0. The molecule has 0 bridgehead atoms. The van der Waals surface area contributed by atoms with Crippen LogP contribution in [0.25, 0.3) is 0 Å². The van der Waals surface area contributed by atoms with Crippen molar-refractivity contribution in [3.63, 3.8) is 0 Å². The number of nitrogens with two attached hydrogens (primary N) is 1. The van der Waals surface area contributed by atoms with Gasteiger partial charge in [-0.25, -0.2) is 0 Å². The smallest absolute Gasteiger partial charge is 0.0314 e. The normalized spacial score (nSPS) is 11.1. The Morgan fingerprint density at radius 1 is 0.889 bits per heavy atom. The van der Waals surface area contributed by atoms with Gasteiger partial charge < -0.3 is 5.73 Å². The molecule has 0 amide bonds. The Kier molecular flexibility index (Phi) is 7.51. The number of hydrogen-bond donors (Lipinski definition) is 1. The molecule has 2 heteroatoms. The Balaban J connectivity index is 2.45. The molecule has 0 heterocycles. The van der Waals surface area contributed by atoms with Crippen LogP contribution in [0, 0.1) is 0 Å². The van der Waals surface area contributed by atoms with Gasteiger partial charge in [0, 0.05) is 12.2 Å². The third-order valence-electron chi connectivity index (χ3n) is 3.29. The Labute approximate surface area is 112 Å². The molecule has 0 saturated carbocycles. The molecule has 2 nitrogen and oxygen atoms in total. The van der Waals surface area contributed by atoms with Crippen LogP contribution < -0.4 is 5.73 Å². The summed E-state index contributed by atoms with van der Waals surface area (Å²) < 4.78 is 0. The minimum atomic E-state index is 0.852. The van der Waals surface area contributed by atoms with Crippen molar-refractivity contribution in [1.82, 2.24) is 4.90 Å². The lowest BCUT2D eigenvalue weighted by molar-refractivity contribution is 0.255. The summed E-state index contributed by atoms with van der Waals surface area (Å²) in [5.41, 5.74) is 7.95. The number of nitrogens with zero attached hydrogens (tertiary/aromatic N) is 1. The van der Waals surface area contributed by atoms with E-state index in [0.717, 1.165) is 12.2 Å². The van der Waals surface area contributed by atoms with E-state index in [-0.39, 0.29) is 0 Å². The molecule has 0 unspecified atom stereocenters. The van der Waals surface area contributed by atoms with Gasteiger partial charge in [0.2, 0.25) is 0 Å². The van der Waals surface area contributed by atoms with Crippen LogP contribution in [0.4, 0.5) is 5.69 Å². The number of unbranched alkanes of at least 4 members (excludes halogenated alkanes) is 3. The van der Waals surface area contributed by atoms with Gasteiger partial charge in [0.25, 0.3) is 0 Å². The maximum absolute atomic E-state index is 5.72. The molecule has 1 rings (SSSR count). The van der Waals surface area contributed by atoms with Crippen LogP contribution in [-0.4, -0.2) is 18.0 Å². The molecule has 0 atom stereocenters. The highest BCUT2D eigenvalue weighted by Gasteiger charge is 2.05. The third-order valence-corrected chi connectivity index (χ3v) is 3.29. The summed E-state index contributed by atoms with van der Waals surface area (Å²) in [6, 6.07) is 8.29. The number of anilines is 1. The van der Waals surface area contributed by atoms with Gasteiger partial charge in [0.1, 0.15) is 0 Å². The fourth-order valence-corrected chi connectivity index (χ4v) is 2.12. The average molecular weight is 248 g/mol. The second kappa shape index (κ2) is 8.98. The van der Waals surface area contributed by atoms with E-state index < -0.39 is 0 Å². The molecule has 0 spiro atoms. The van der Waals surface area contributed by atoms with Crippen molar-refractivity contribution in [2.75, 3.05) is 18.8 Å². The second-order valence-corrected chi connectivity index (χ2v) is 5.08. The van der Waals surface area contributed by atoms with Gasteiger partial charge >= 0.3 is 0 Å². The first-order chi connectivity index (χ1) is 8.76. The van der Waals surface area contributed by atoms with E-state index in [1.807, 2.05) is 12.1 Å². The molecular weight excluding hydrogens is 220 g/mol. The maximum Gasteiger partial charge on any atom is 0.0314 e. The fourth-order valence-electron chi connectivity index (χ4n) is 2.12. The van der Waals surface area contributed by atoms with Crippen molar-refractivity contribution >= 4 is 5.69 Å². The predicted molar refractivity (Wildman–Crippen MR) is 80.6 cm³/mol. The first-order valence-electron chi connectivity index (χ1n) is 7.33. The Morgan fingerprint density at radius 2 is 1.50 bits per heavy atom. The van der Waals surface area contributed by atoms with Crippen molar-refractivity contribution in [3.05, 3.63) is 29.8 Å². The first-order valence-corrected chi connectivity index (χ1v) is 7.33. The number of rotatable bonds is 9. The number of benzene rings is 1. The zero-order chi connectivity index (χ0) is 13.2. The van der Waals surface area contributed by atoms with E-state index in [1.54, 1.807) is 0 Å². The SMILES string of the molecule is CCCCCN(CCCC)Cc1ccc(N)cc1. The zero-order valence-corrected chi connectivity index (χ0v) is 12.0. The van der Waals surface area contributed by atoms with Gasteiger partial charge in [-0.1, -0.05) is 45.2 Å². The van der Waals surface area contributed by atoms with Gasteiger partial charge in [-0.15, -0.1) is 0 Å². The highest BCUT2D eigenvalue weighted by Crippen LogP contribution is 2.10. The van der Waals surface area contributed by atoms with E-state index in [2.05, 4.69) is 30.9 Å². The number of nitrogen functional groups attached to an aromatic ring is 1. The van der Waals surface area contributed by atoms with Crippen LogP contribution in [0.3, 0.4) is 0 Å². The molecule has 0 aliphatic heterocycles. The molecule has 0 aliphatic rings. The van der Waals surface area contributed by atoms with Crippen LogP contribution in [-0.2, 0) is 6.54 Å². The largest absolute Gasteiger partial charge is 0.399 e. The quantitative estimate of drug-likeness (QED) is 0.527. The van der Waals surface area contributed by atoms with Crippen molar-refractivity contribution < 1.29 is 0 Å². The standard InChI is InChI=1S/C16H28N2/c1-3-5-7-13-18(12-6-4-2)14-15-8-10-16(17)11-9-15/h8-11H,3-7,12-14,17H2,1-2H3. The fraction of sp³-hybridized carbons (Fsp3) is 0.625. The zero-order valence-electron chi connectivity index (χ0n) is 12.0. The summed E-state index contributed by atoms with van der Waals surface area (Å²) in [4.78, 5) is 2.57. The van der Waals surface area contributed by atoms with Crippen LogP contribution in [0.15, 0.2) is 24.3 Å². The van der Waals surface area contributed by atoms with E-state index in [0.29, 0.717) is 0 Å². The lowest BCUT2D eigenvalue weighted by Gasteiger charge is -2.22. The molecule has 102 valence electrons. The summed E-state index contributed by atoms with van der Waals surface area (Å²) in [7, 11) is 0. The Bertz CT molecular complexity index is 305. The van der Waals surface area contributed by atoms with Gasteiger partial charge in [-0.05, 0) is 43.6 Å². The molecular formula is C16H28N2. The maximum atomic E-state index is 5.72. The Hall–Kier alpha value is -1.02. The van der Waals surface area contributed by atoms with Gasteiger partial charge in [-0.3, -0.25) is 4.90 Å². The molecule has 0 fully saturated rings. The van der Waals surface area contributed by atoms with Crippen molar-refractivity contribution in [1.29, 1.82) is 0 Å². The molecule has 2 N–H and O–H groups in total. The van der Waals surface area contributed by atoms with Crippen molar-refractivity contribution in [2.24, 2.45) is 0 Å². The van der Waals surface area contributed by atoms with E-state index in [4.69, 9.17) is 5.73 Å². The lowest BCUT2D eigenvalue weighted by Crippen LogP contribution is -2.25. The van der Waals surface area contributed by atoms with E-state index >= 15 is 0 Å². The van der Waals surface area contributed by atoms with Crippen LogP contribution in [0.1, 0.15) is 51.5 Å². The molecule has 1 aromatic rings. The van der Waals surface area contributed by atoms with Gasteiger partial charge in [-0.2, -0.15) is 0 Å². The molecule has 1 aromatic carbocycles.